The van der Waals surface area contributed by atoms with Gasteiger partial charge in [-0.1, -0.05) is 36.4 Å². The molecule has 1 aromatic heterocycles. The molecule has 11 nitrogen and oxygen atoms in total. The Bertz CT molecular complexity index is 1250. The van der Waals surface area contributed by atoms with Crippen molar-refractivity contribution in [2.24, 2.45) is 0 Å². The maximum absolute atomic E-state index is 12.1. The smallest absolute Gasteiger partial charge is 0.342 e. The van der Waals surface area contributed by atoms with E-state index in [1.807, 2.05) is 4.98 Å². The number of nitrogens with one attached hydrogen (secondary N) is 1. The third-order valence-electron chi connectivity index (χ3n) is 4.35. The van der Waals surface area contributed by atoms with Crippen LogP contribution in [0.5, 0.6) is 5.75 Å². The van der Waals surface area contributed by atoms with Gasteiger partial charge in [-0.2, -0.15) is 0 Å². The Balaban J connectivity index is 2.17. The minimum absolute atomic E-state index is 0.0275. The van der Waals surface area contributed by atoms with Crippen LogP contribution in [0.4, 0.5) is 11.5 Å². The largest absolute Gasteiger partial charge is 0.482 e. The predicted molar refractivity (Wildman–Crippen MR) is 108 cm³/mol. The third-order valence-corrected chi connectivity index (χ3v) is 4.35. The molecule has 0 unspecified atom stereocenters. The molecule has 0 aliphatic rings. The highest BCUT2D eigenvalue weighted by molar-refractivity contribution is 6.07. The van der Waals surface area contributed by atoms with Gasteiger partial charge in [0.05, 0.1) is 4.92 Å². The first kappa shape index (κ1) is 21.0. The summed E-state index contributed by atoms with van der Waals surface area (Å²) in [5.41, 5.74) is 2.33. The molecule has 3 rings (SSSR count). The summed E-state index contributed by atoms with van der Waals surface area (Å²) in [6.45, 7) is 0.0275. The van der Waals surface area contributed by atoms with Crippen LogP contribution in [0.15, 0.2) is 53.3 Å². The van der Waals surface area contributed by atoms with Crippen LogP contribution in [0.25, 0.3) is 11.1 Å². The van der Waals surface area contributed by atoms with Crippen molar-refractivity contribution in [3.8, 4) is 16.9 Å². The van der Waals surface area contributed by atoms with E-state index in [-0.39, 0.29) is 17.9 Å². The number of hydrogen-bond donors (Lipinski definition) is 4. The molecule has 2 aromatic carbocycles. The first-order valence-corrected chi connectivity index (χ1v) is 8.68. The lowest BCUT2D eigenvalue weighted by Gasteiger charge is -2.13. The second-order valence-corrected chi connectivity index (χ2v) is 6.32. The number of aromatic carboxylic acids is 2. The number of nitrogen functional groups attached to an aromatic ring is 1. The molecule has 0 fully saturated rings. The van der Waals surface area contributed by atoms with Crippen LogP contribution in [0.3, 0.4) is 0 Å². The number of nitro benzene ring substituents is 1. The average molecular weight is 425 g/mol. The summed E-state index contributed by atoms with van der Waals surface area (Å²) in [6, 6.07) is 12.2. The first-order chi connectivity index (χ1) is 14.7. The van der Waals surface area contributed by atoms with Crippen LogP contribution in [0, 0.1) is 10.1 Å². The molecule has 31 heavy (non-hydrogen) atoms. The van der Waals surface area contributed by atoms with E-state index in [0.717, 1.165) is 11.6 Å². The van der Waals surface area contributed by atoms with Gasteiger partial charge in [0.25, 0.3) is 5.56 Å². The maximum atomic E-state index is 12.1. The number of nitrogens with two attached hydrogens (primary N) is 1. The van der Waals surface area contributed by atoms with E-state index < -0.39 is 50.6 Å². The summed E-state index contributed by atoms with van der Waals surface area (Å²) >= 11 is 0. The zero-order valence-corrected chi connectivity index (χ0v) is 15.7. The van der Waals surface area contributed by atoms with Crippen LogP contribution >= 0.6 is 0 Å². The van der Waals surface area contributed by atoms with Crippen molar-refractivity contribution in [1.82, 2.24) is 4.98 Å². The quantitative estimate of drug-likeness (QED) is 0.326. The fourth-order valence-electron chi connectivity index (χ4n) is 3.01. The molecule has 0 atom stereocenters. The van der Waals surface area contributed by atoms with E-state index in [4.69, 9.17) is 10.5 Å². The summed E-state index contributed by atoms with van der Waals surface area (Å²) in [6.07, 6.45) is 0. The van der Waals surface area contributed by atoms with Gasteiger partial charge in [-0.15, -0.1) is 0 Å². The highest BCUT2D eigenvalue weighted by Crippen LogP contribution is 2.36. The van der Waals surface area contributed by atoms with Gasteiger partial charge in [0.2, 0.25) is 0 Å². The zero-order chi connectivity index (χ0) is 22.7. The number of anilines is 1. The van der Waals surface area contributed by atoms with Gasteiger partial charge in [-0.05, 0) is 17.2 Å². The predicted octanol–water partition coefficient (Wildman–Crippen LogP) is 2.51. The van der Waals surface area contributed by atoms with Gasteiger partial charge in [-0.25, -0.2) is 9.59 Å². The molecule has 0 saturated carbocycles. The lowest BCUT2D eigenvalue weighted by atomic mass is 9.95. The normalized spacial score (nSPS) is 10.5. The summed E-state index contributed by atoms with van der Waals surface area (Å²) in [5, 5.41) is 30.5. The molecular weight excluding hydrogens is 410 g/mol. The molecule has 5 N–H and O–H groups in total. The van der Waals surface area contributed by atoms with E-state index in [9.17, 15) is 34.7 Å². The summed E-state index contributed by atoms with van der Waals surface area (Å²) < 4.78 is 5.51. The molecule has 0 aliphatic carbocycles. The van der Waals surface area contributed by atoms with Crippen molar-refractivity contribution >= 4 is 23.4 Å². The summed E-state index contributed by atoms with van der Waals surface area (Å²) in [4.78, 5) is 48.3. The second kappa shape index (κ2) is 8.37. The number of aromatic nitrogens is 1. The Morgan fingerprint density at radius 2 is 1.71 bits per heavy atom. The molecule has 158 valence electrons. The molecular formula is C20H15N3O8. The highest BCUT2D eigenvalue weighted by atomic mass is 16.6. The number of nitro groups is 1. The van der Waals surface area contributed by atoms with Crippen molar-refractivity contribution < 1.29 is 29.5 Å². The van der Waals surface area contributed by atoms with Crippen LogP contribution in [-0.2, 0) is 6.61 Å². The maximum Gasteiger partial charge on any atom is 0.342 e. The van der Waals surface area contributed by atoms with Crippen LogP contribution < -0.4 is 16.0 Å². The molecule has 3 aromatic rings. The number of hydrogen-bond acceptors (Lipinski definition) is 7. The number of carbonyl (C=O) groups is 2. The number of rotatable bonds is 7. The van der Waals surface area contributed by atoms with E-state index in [1.54, 1.807) is 30.3 Å². The van der Waals surface area contributed by atoms with Crippen molar-refractivity contribution in [2.75, 3.05) is 5.73 Å². The van der Waals surface area contributed by atoms with Crippen LogP contribution in [0.2, 0.25) is 0 Å². The highest BCUT2D eigenvalue weighted by Gasteiger charge is 2.28. The Hall–Kier alpha value is -4.67. The van der Waals surface area contributed by atoms with E-state index in [1.165, 1.54) is 12.1 Å². The molecule has 11 heteroatoms. The number of benzene rings is 2. The van der Waals surface area contributed by atoms with Gasteiger partial charge in [0.15, 0.2) is 5.75 Å². The van der Waals surface area contributed by atoms with Gasteiger partial charge >= 0.3 is 17.6 Å². The number of carboxylic acids is 2. The van der Waals surface area contributed by atoms with Gasteiger partial charge in [0.1, 0.15) is 23.6 Å². The number of nitrogens with zero attached hydrogens (tertiary/aromatic N) is 1. The number of pyridine rings is 1. The number of carboxylic acid groups (broad SMARTS) is 2. The number of aromatic amines is 1. The third kappa shape index (κ3) is 4.19. The van der Waals surface area contributed by atoms with Crippen molar-refractivity contribution in [1.29, 1.82) is 0 Å². The summed E-state index contributed by atoms with van der Waals surface area (Å²) in [7, 11) is 0. The first-order valence-electron chi connectivity index (χ1n) is 8.68. The fraction of sp³-hybridized carbons (Fsp3) is 0.0500. The summed E-state index contributed by atoms with van der Waals surface area (Å²) in [5.74, 6) is -4.03. The molecule has 0 saturated heterocycles. The minimum Gasteiger partial charge on any atom is -0.482 e. The number of H-pyrrole nitrogens is 1. The van der Waals surface area contributed by atoms with E-state index >= 15 is 0 Å². The molecule has 0 bridgehead atoms. The molecule has 1 heterocycles. The van der Waals surface area contributed by atoms with Gasteiger partial charge in [0, 0.05) is 11.6 Å². The van der Waals surface area contributed by atoms with E-state index in [2.05, 4.69) is 0 Å². The minimum atomic E-state index is -1.72. The monoisotopic (exact) mass is 425 g/mol. The fourth-order valence-corrected chi connectivity index (χ4v) is 3.01. The molecule has 0 amide bonds. The Morgan fingerprint density at radius 3 is 2.29 bits per heavy atom. The Morgan fingerprint density at radius 1 is 1.06 bits per heavy atom. The molecule has 0 aliphatic heterocycles. The Labute approximate surface area is 173 Å². The molecule has 0 radical (unpaired) electrons. The van der Waals surface area contributed by atoms with Gasteiger partial charge in [-0.3, -0.25) is 14.9 Å². The standard InChI is InChI=1S/C20H15N3O8/c21-17-15(19(25)26)14(16(20(27)28)18(24)22-17)11-6-7-13(12(8-11)23(29)30)31-9-10-4-2-1-3-5-10/h1-8H,9H2,(H,25,26)(H,27,28)(H3,21,22,24). The average Bonchev–Trinajstić information content (AvgIpc) is 2.71. The lowest BCUT2D eigenvalue weighted by Crippen LogP contribution is -2.24. The van der Waals surface area contributed by atoms with Crippen LogP contribution in [-0.4, -0.2) is 32.1 Å². The SMILES string of the molecule is Nc1[nH]c(=O)c(C(=O)O)c(-c2ccc(OCc3ccccc3)c([N+](=O)[O-])c2)c1C(=O)O. The number of ether oxygens (including phenoxy) is 1. The topological polar surface area (TPSA) is 186 Å². The molecule has 0 spiro atoms. The van der Waals surface area contributed by atoms with E-state index in [0.29, 0.717) is 0 Å². The van der Waals surface area contributed by atoms with Gasteiger partial charge < -0.3 is 25.7 Å². The second-order valence-electron chi connectivity index (χ2n) is 6.32. The van der Waals surface area contributed by atoms with Crippen LogP contribution in [0.1, 0.15) is 26.3 Å². The zero-order valence-electron chi connectivity index (χ0n) is 15.7. The Kier molecular flexibility index (Phi) is 5.68. The lowest BCUT2D eigenvalue weighted by molar-refractivity contribution is -0.385. The van der Waals surface area contributed by atoms with Crippen molar-refractivity contribution in [3.05, 3.63) is 85.7 Å². The van der Waals surface area contributed by atoms with Crippen molar-refractivity contribution in [3.63, 3.8) is 0 Å². The van der Waals surface area contributed by atoms with Crippen molar-refractivity contribution in [2.45, 2.75) is 6.61 Å².